The van der Waals surface area contributed by atoms with Crippen molar-refractivity contribution >= 4 is 37.5 Å². The zero-order chi connectivity index (χ0) is 22.0. The SMILES string of the molecule is Cc1ccc2c(c1)[C]([Hf]([C]1=C3C=CC=CC3c3ccc(C)cc31)[SiH](C)C)=C1C=CC=CC12.Cl.Cl. The normalized spacial score (nSPS) is 20.6. The van der Waals surface area contributed by atoms with Crippen molar-refractivity contribution in [3.05, 3.63) is 130 Å². The van der Waals surface area contributed by atoms with Gasteiger partial charge < -0.3 is 0 Å². The summed E-state index contributed by atoms with van der Waals surface area (Å²) in [6, 6.07) is 14.4. The molecule has 2 aromatic carbocycles. The Bertz CT molecular complexity index is 1240. The first kappa shape index (κ1) is 25.6. The van der Waals surface area contributed by atoms with Crippen molar-refractivity contribution in [2.24, 2.45) is 0 Å². The fourth-order valence-electron chi connectivity index (χ4n) is 6.03. The first-order valence-electron chi connectivity index (χ1n) is 11.8. The molecule has 4 aliphatic rings. The molecule has 0 aliphatic heterocycles. The second-order valence-electron chi connectivity index (χ2n) is 9.85. The van der Waals surface area contributed by atoms with Crippen LogP contribution in [0.25, 0.3) is 6.66 Å². The maximum absolute atomic E-state index is 2.64. The summed E-state index contributed by atoms with van der Waals surface area (Å²) in [5, 5.41) is 0. The Morgan fingerprint density at radius 1 is 0.647 bits per heavy atom. The minimum absolute atomic E-state index is 0. The third-order valence-electron chi connectivity index (χ3n) is 7.37. The van der Waals surface area contributed by atoms with Crippen molar-refractivity contribution in [3.63, 3.8) is 0 Å². The number of allylic oxidation sites excluding steroid dienone is 10. The van der Waals surface area contributed by atoms with Crippen LogP contribution in [0.4, 0.5) is 0 Å². The van der Waals surface area contributed by atoms with Crippen molar-refractivity contribution in [1.29, 1.82) is 0 Å². The molecular weight excluding hydrogens is 638 g/mol. The van der Waals surface area contributed by atoms with Crippen LogP contribution in [0.5, 0.6) is 0 Å². The first-order chi connectivity index (χ1) is 15.5. The molecule has 2 aromatic rings. The van der Waals surface area contributed by atoms with Gasteiger partial charge in [0.2, 0.25) is 0 Å². The molecule has 2 unspecified atom stereocenters. The molecule has 0 saturated carbocycles. The van der Waals surface area contributed by atoms with E-state index in [0.29, 0.717) is 11.8 Å². The maximum Gasteiger partial charge on any atom is -0.147 e. The van der Waals surface area contributed by atoms with Crippen LogP contribution in [0, 0.1) is 13.8 Å². The van der Waals surface area contributed by atoms with Crippen LogP contribution in [-0.4, -0.2) is 5.98 Å². The number of benzene rings is 2. The van der Waals surface area contributed by atoms with Gasteiger partial charge in [-0.15, -0.1) is 24.8 Å². The van der Waals surface area contributed by atoms with E-state index in [1.165, 1.54) is 11.1 Å². The largest absolute Gasteiger partial charge is 0.147 e. The smallest absolute Gasteiger partial charge is 0.147 e. The third-order valence-corrected chi connectivity index (χ3v) is 33.6. The number of hydrogen-bond donors (Lipinski definition) is 0. The number of halogens is 2. The number of rotatable bonds is 3. The van der Waals surface area contributed by atoms with E-state index in [2.05, 4.69) is 112 Å². The first-order valence-corrected chi connectivity index (χ1v) is 24.5. The molecule has 0 nitrogen and oxygen atoms in total. The summed E-state index contributed by atoms with van der Waals surface area (Å²) in [6.45, 7) is 9.79. The average molecular weight is 669 g/mol. The van der Waals surface area contributed by atoms with Crippen molar-refractivity contribution in [2.45, 2.75) is 38.8 Å². The van der Waals surface area contributed by atoms with Gasteiger partial charge in [0.25, 0.3) is 0 Å². The van der Waals surface area contributed by atoms with Crippen molar-refractivity contribution in [2.75, 3.05) is 0 Å². The van der Waals surface area contributed by atoms with E-state index in [1.54, 1.807) is 33.4 Å². The molecule has 4 heteroatoms. The fraction of sp³-hybridized carbons (Fsp3) is 0.200. The summed E-state index contributed by atoms with van der Waals surface area (Å²) < 4.78 is 3.64. The summed E-state index contributed by atoms with van der Waals surface area (Å²) in [7, 11) is 0. The molecule has 0 amide bonds. The number of aryl methyl sites for hydroxylation is 2. The monoisotopic (exact) mass is 669 g/mol. The van der Waals surface area contributed by atoms with Crippen LogP contribution in [0.2, 0.25) is 13.1 Å². The molecule has 0 aromatic heterocycles. The molecular formula is C30H31Cl2HfSi. The van der Waals surface area contributed by atoms with Crippen LogP contribution in [0.1, 0.15) is 45.2 Å². The third kappa shape index (κ3) is 3.91. The Labute approximate surface area is 224 Å². The fourth-order valence-corrected chi connectivity index (χ4v) is 33.4. The molecule has 4 aliphatic carbocycles. The van der Waals surface area contributed by atoms with E-state index in [0.717, 1.165) is 0 Å². The van der Waals surface area contributed by atoms with E-state index in [-0.39, 0.29) is 24.8 Å². The second-order valence-corrected chi connectivity index (χ2v) is 35.9. The van der Waals surface area contributed by atoms with Crippen LogP contribution < -0.4 is 0 Å². The van der Waals surface area contributed by atoms with Gasteiger partial charge in [-0.2, -0.15) is 0 Å². The van der Waals surface area contributed by atoms with Crippen LogP contribution in [0.15, 0.2) is 96.2 Å². The number of fused-ring (bicyclic) bond motifs is 6. The molecule has 0 N–H and O–H groups in total. The summed E-state index contributed by atoms with van der Waals surface area (Å²) in [5.74, 6) is 0.0237. The molecule has 0 bridgehead atoms. The zero-order valence-corrected chi connectivity index (χ0v) is 26.5. The Hall–Kier alpha value is -1.45. The maximum atomic E-state index is 2.64. The Morgan fingerprint density at radius 3 is 1.50 bits per heavy atom. The predicted molar refractivity (Wildman–Crippen MR) is 152 cm³/mol. The molecule has 2 atom stereocenters. The molecule has 0 radical (unpaired) electrons. The topological polar surface area (TPSA) is 0 Å². The molecule has 173 valence electrons. The van der Waals surface area contributed by atoms with Gasteiger partial charge in [-0.25, -0.2) is 0 Å². The minimum Gasteiger partial charge on any atom is -0.147 e. The Morgan fingerprint density at radius 2 is 1.09 bits per heavy atom. The van der Waals surface area contributed by atoms with Crippen LogP contribution >= 0.6 is 24.8 Å². The van der Waals surface area contributed by atoms with Gasteiger partial charge in [-0.3, -0.25) is 0 Å². The second kappa shape index (κ2) is 9.89. The predicted octanol–water partition coefficient (Wildman–Crippen LogP) is 8.32. The van der Waals surface area contributed by atoms with Gasteiger partial charge in [0.05, 0.1) is 0 Å². The summed E-state index contributed by atoms with van der Waals surface area (Å²) in [4.78, 5) is 0. The molecule has 0 spiro atoms. The molecule has 0 fully saturated rings. The van der Waals surface area contributed by atoms with Crippen molar-refractivity contribution in [3.8, 4) is 0 Å². The Balaban J connectivity index is 0.00000137. The summed E-state index contributed by atoms with van der Waals surface area (Å²) >= 11 is -2.40. The molecule has 0 heterocycles. The van der Waals surface area contributed by atoms with E-state index >= 15 is 0 Å². The van der Waals surface area contributed by atoms with E-state index in [1.807, 2.05) is 6.66 Å². The van der Waals surface area contributed by atoms with Gasteiger partial charge in [0.1, 0.15) is 0 Å². The zero-order valence-electron chi connectivity index (χ0n) is 20.1. The van der Waals surface area contributed by atoms with E-state index in [9.17, 15) is 0 Å². The van der Waals surface area contributed by atoms with Gasteiger partial charge in [0, 0.05) is 0 Å². The quantitative estimate of drug-likeness (QED) is 0.289. The van der Waals surface area contributed by atoms with Crippen molar-refractivity contribution < 1.29 is 20.6 Å². The van der Waals surface area contributed by atoms with E-state index in [4.69, 9.17) is 0 Å². The Kier molecular flexibility index (Phi) is 7.46. The standard InChI is InChI=1S/2C14H11.C2H7Si.2ClH.Hf/c2*1-10-6-7-14-12(8-10)9-11-4-2-3-5-13(11)14;1-3-2;;;/h2*2-8,13H,1H3;3H,1-2H3;2*1H;. The summed E-state index contributed by atoms with van der Waals surface area (Å²) in [6.07, 6.45) is 18.8. The van der Waals surface area contributed by atoms with Gasteiger partial charge in [-0.05, 0) is 0 Å². The molecule has 34 heavy (non-hydrogen) atoms. The average Bonchev–Trinajstić information content (AvgIpc) is 3.27. The van der Waals surface area contributed by atoms with E-state index < -0.39 is 26.6 Å². The molecule has 0 saturated heterocycles. The van der Waals surface area contributed by atoms with Gasteiger partial charge in [-0.1, -0.05) is 0 Å². The number of hydrogen-bond acceptors (Lipinski definition) is 0. The minimum atomic E-state index is -2.40. The van der Waals surface area contributed by atoms with Gasteiger partial charge in [0.15, 0.2) is 0 Å². The summed E-state index contributed by atoms with van der Waals surface area (Å²) in [5.41, 5.74) is 12.3. The van der Waals surface area contributed by atoms with Crippen LogP contribution in [-0.2, 0) is 20.6 Å². The van der Waals surface area contributed by atoms with Crippen LogP contribution in [0.3, 0.4) is 0 Å². The van der Waals surface area contributed by atoms with Crippen molar-refractivity contribution in [1.82, 2.24) is 0 Å². The molecule has 6 rings (SSSR count). The van der Waals surface area contributed by atoms with Gasteiger partial charge >= 0.3 is 202 Å².